The molecule has 1 amide bonds. The molecule has 3 aromatic rings. The predicted molar refractivity (Wildman–Crippen MR) is 125 cm³/mol. The van der Waals surface area contributed by atoms with Crippen LogP contribution in [-0.2, 0) is 27.5 Å². The fourth-order valence-electron chi connectivity index (χ4n) is 3.05. The lowest BCUT2D eigenvalue weighted by atomic mass is 10.1. The molecule has 0 aliphatic carbocycles. The lowest BCUT2D eigenvalue weighted by Crippen LogP contribution is -2.20. The van der Waals surface area contributed by atoms with Gasteiger partial charge in [0.2, 0.25) is 5.91 Å². The average molecular weight is 523 g/mol. The number of methoxy groups -OCH3 is 2. The van der Waals surface area contributed by atoms with E-state index in [1.807, 2.05) is 0 Å². The van der Waals surface area contributed by atoms with Crippen molar-refractivity contribution in [3.63, 3.8) is 0 Å². The summed E-state index contributed by atoms with van der Waals surface area (Å²) in [5, 5.41) is 3.86. The fraction of sp³-hybridized carbons (Fsp3) is 0.167. The van der Waals surface area contributed by atoms with Gasteiger partial charge in [-0.05, 0) is 54.1 Å². The third kappa shape index (κ3) is 6.75. The van der Waals surface area contributed by atoms with Crippen LogP contribution in [0, 0.1) is 0 Å². The molecule has 0 heterocycles. The first-order chi connectivity index (χ1) is 17.0. The van der Waals surface area contributed by atoms with Gasteiger partial charge in [-0.25, -0.2) is 5.43 Å². The third-order valence-electron chi connectivity index (χ3n) is 4.80. The molecule has 0 saturated carbocycles. The van der Waals surface area contributed by atoms with Gasteiger partial charge in [-0.2, -0.15) is 26.7 Å². The van der Waals surface area contributed by atoms with Crippen LogP contribution in [0.4, 0.5) is 13.2 Å². The monoisotopic (exact) mass is 522 g/mol. The minimum atomic E-state index is -4.61. The number of hydrogen-bond acceptors (Lipinski definition) is 7. The van der Waals surface area contributed by atoms with Crippen molar-refractivity contribution in [1.29, 1.82) is 0 Å². The van der Waals surface area contributed by atoms with E-state index in [-0.39, 0.29) is 23.5 Å². The molecule has 0 unspecified atom stereocenters. The van der Waals surface area contributed by atoms with Gasteiger partial charge in [-0.3, -0.25) is 4.79 Å². The number of ether oxygens (including phenoxy) is 2. The number of rotatable bonds is 9. The molecule has 0 radical (unpaired) electrons. The molecule has 0 saturated heterocycles. The van der Waals surface area contributed by atoms with Crippen LogP contribution in [0.2, 0.25) is 0 Å². The maximum absolute atomic E-state index is 12.8. The molecule has 0 atom stereocenters. The van der Waals surface area contributed by atoms with E-state index in [2.05, 4.69) is 10.5 Å². The first-order valence-electron chi connectivity index (χ1n) is 10.3. The van der Waals surface area contributed by atoms with Crippen LogP contribution in [0.5, 0.6) is 17.2 Å². The summed E-state index contributed by atoms with van der Waals surface area (Å²) in [4.78, 5) is 11.8. The lowest BCUT2D eigenvalue weighted by molar-refractivity contribution is -0.137. The molecule has 3 aromatic carbocycles. The van der Waals surface area contributed by atoms with E-state index in [0.29, 0.717) is 23.4 Å². The normalized spacial score (nSPS) is 11.8. The van der Waals surface area contributed by atoms with Crippen molar-refractivity contribution < 1.29 is 40.0 Å². The smallest absolute Gasteiger partial charge is 0.416 e. The summed E-state index contributed by atoms with van der Waals surface area (Å²) < 4.78 is 79.2. The zero-order chi connectivity index (χ0) is 26.3. The molecule has 36 heavy (non-hydrogen) atoms. The molecule has 8 nitrogen and oxygen atoms in total. The van der Waals surface area contributed by atoms with Crippen LogP contribution in [0.25, 0.3) is 0 Å². The summed E-state index contributed by atoms with van der Waals surface area (Å²) in [5.74, 6) is 0.115. The maximum Gasteiger partial charge on any atom is 0.416 e. The van der Waals surface area contributed by atoms with Gasteiger partial charge in [0.1, 0.15) is 16.4 Å². The minimum Gasteiger partial charge on any atom is -0.497 e. The Balaban J connectivity index is 1.78. The highest BCUT2D eigenvalue weighted by Gasteiger charge is 2.31. The average Bonchev–Trinajstić information content (AvgIpc) is 2.84. The number of halogens is 3. The fourth-order valence-corrected chi connectivity index (χ4v) is 4.00. The number of benzene rings is 3. The molecule has 12 heteroatoms. The van der Waals surface area contributed by atoms with Crippen LogP contribution < -0.4 is 19.1 Å². The van der Waals surface area contributed by atoms with Crippen molar-refractivity contribution in [2.24, 2.45) is 5.10 Å². The number of carbonyl (C=O) groups excluding carboxylic acids is 1. The van der Waals surface area contributed by atoms with E-state index < -0.39 is 32.7 Å². The number of nitrogens with zero attached hydrogens (tertiary/aromatic N) is 1. The number of carbonyl (C=O) groups is 1. The molecule has 0 fully saturated rings. The molecular weight excluding hydrogens is 501 g/mol. The molecule has 0 bridgehead atoms. The Morgan fingerprint density at radius 3 is 2.28 bits per heavy atom. The van der Waals surface area contributed by atoms with Crippen molar-refractivity contribution in [3.05, 3.63) is 83.4 Å². The van der Waals surface area contributed by atoms with E-state index in [1.165, 1.54) is 32.4 Å². The number of alkyl halides is 3. The molecule has 1 N–H and O–H groups in total. The quantitative estimate of drug-likeness (QED) is 0.257. The summed E-state index contributed by atoms with van der Waals surface area (Å²) in [6.45, 7) is 0. The Morgan fingerprint density at radius 1 is 0.972 bits per heavy atom. The van der Waals surface area contributed by atoms with Crippen LogP contribution in [-0.4, -0.2) is 34.8 Å². The second kappa shape index (κ2) is 11.1. The Bertz CT molecular complexity index is 1360. The second-order valence-corrected chi connectivity index (χ2v) is 8.80. The summed E-state index contributed by atoms with van der Waals surface area (Å²) in [5.41, 5.74) is 2.10. The SMILES string of the molecule is COc1cccc(CC(=O)NN=Cc2c(OC)cccc2OS(=O)(=O)c2ccc(C(F)(F)F)cc2)c1. The Labute approximate surface area is 205 Å². The highest BCUT2D eigenvalue weighted by molar-refractivity contribution is 7.87. The Kier molecular flexibility index (Phi) is 8.20. The van der Waals surface area contributed by atoms with Crippen LogP contribution >= 0.6 is 0 Å². The zero-order valence-corrected chi connectivity index (χ0v) is 19.9. The van der Waals surface area contributed by atoms with Gasteiger partial charge in [0.15, 0.2) is 5.75 Å². The van der Waals surface area contributed by atoms with E-state index in [9.17, 15) is 26.4 Å². The van der Waals surface area contributed by atoms with Crippen molar-refractivity contribution in [2.45, 2.75) is 17.5 Å². The number of amides is 1. The maximum atomic E-state index is 12.8. The van der Waals surface area contributed by atoms with Crippen LogP contribution in [0.15, 0.2) is 76.7 Å². The standard InChI is InChI=1S/C24H21F3N2O6S/c1-33-18-6-3-5-16(13-18)14-23(30)29-28-15-20-21(34-2)7-4-8-22(20)35-36(31,32)19-11-9-17(10-12-19)24(25,26)27/h3-13,15H,14H2,1-2H3,(H,29,30). The molecule has 190 valence electrons. The topological polar surface area (TPSA) is 103 Å². The van der Waals surface area contributed by atoms with Gasteiger partial charge >= 0.3 is 16.3 Å². The summed E-state index contributed by atoms with van der Waals surface area (Å²) in [6.07, 6.45) is -3.47. The Morgan fingerprint density at radius 2 is 1.64 bits per heavy atom. The molecular formula is C24H21F3N2O6S. The van der Waals surface area contributed by atoms with Crippen molar-refractivity contribution >= 4 is 22.2 Å². The molecule has 0 aliphatic heterocycles. The summed E-state index contributed by atoms with van der Waals surface area (Å²) in [6, 6.07) is 14.1. The van der Waals surface area contributed by atoms with Gasteiger partial charge in [0.25, 0.3) is 0 Å². The molecule has 3 rings (SSSR count). The summed E-state index contributed by atoms with van der Waals surface area (Å²) in [7, 11) is -1.65. The van der Waals surface area contributed by atoms with E-state index in [4.69, 9.17) is 13.7 Å². The van der Waals surface area contributed by atoms with Gasteiger partial charge in [-0.1, -0.05) is 18.2 Å². The third-order valence-corrected chi connectivity index (χ3v) is 6.05. The molecule has 0 aromatic heterocycles. The van der Waals surface area contributed by atoms with Gasteiger partial charge in [0, 0.05) is 0 Å². The lowest BCUT2D eigenvalue weighted by Gasteiger charge is -2.13. The van der Waals surface area contributed by atoms with Gasteiger partial charge < -0.3 is 13.7 Å². The number of hydrogen-bond donors (Lipinski definition) is 1. The highest BCUT2D eigenvalue weighted by atomic mass is 32.2. The van der Waals surface area contributed by atoms with E-state index in [0.717, 1.165) is 18.3 Å². The largest absolute Gasteiger partial charge is 0.497 e. The number of hydrazone groups is 1. The van der Waals surface area contributed by atoms with Crippen LogP contribution in [0.1, 0.15) is 16.7 Å². The zero-order valence-electron chi connectivity index (χ0n) is 19.1. The van der Waals surface area contributed by atoms with E-state index >= 15 is 0 Å². The highest BCUT2D eigenvalue weighted by Crippen LogP contribution is 2.32. The predicted octanol–water partition coefficient (Wildman–Crippen LogP) is 4.18. The van der Waals surface area contributed by atoms with Gasteiger partial charge in [0.05, 0.1) is 38.0 Å². The molecule has 0 aliphatic rings. The van der Waals surface area contributed by atoms with Crippen molar-refractivity contribution in [3.8, 4) is 17.2 Å². The van der Waals surface area contributed by atoms with Crippen molar-refractivity contribution in [2.75, 3.05) is 14.2 Å². The first kappa shape index (κ1) is 26.5. The van der Waals surface area contributed by atoms with Crippen molar-refractivity contribution in [1.82, 2.24) is 5.43 Å². The first-order valence-corrected chi connectivity index (χ1v) is 11.7. The molecule has 0 spiro atoms. The Hall–Kier alpha value is -4.06. The second-order valence-electron chi connectivity index (χ2n) is 7.25. The minimum absolute atomic E-state index is 0.00607. The summed E-state index contributed by atoms with van der Waals surface area (Å²) >= 11 is 0. The van der Waals surface area contributed by atoms with Crippen LogP contribution in [0.3, 0.4) is 0 Å². The number of nitrogens with one attached hydrogen (secondary N) is 1. The van der Waals surface area contributed by atoms with Gasteiger partial charge in [-0.15, -0.1) is 0 Å². The van der Waals surface area contributed by atoms with E-state index in [1.54, 1.807) is 24.3 Å².